The van der Waals surface area contributed by atoms with Gasteiger partial charge in [0.25, 0.3) is 5.56 Å². The number of carbonyl (C=O) groups is 1. The predicted octanol–water partition coefficient (Wildman–Crippen LogP) is 2.62. The highest BCUT2D eigenvalue weighted by Crippen LogP contribution is 2.28. The summed E-state index contributed by atoms with van der Waals surface area (Å²) in [5.74, 6) is 0.550. The van der Waals surface area contributed by atoms with Crippen molar-refractivity contribution in [3.8, 4) is 5.75 Å². The quantitative estimate of drug-likeness (QED) is 0.628. The largest absolute Gasteiger partial charge is 0.508 e. The molecule has 28 heavy (non-hydrogen) atoms. The van der Waals surface area contributed by atoms with Crippen molar-refractivity contribution < 1.29 is 14.6 Å². The number of fused-ring (bicyclic) bond motifs is 1. The lowest BCUT2D eigenvalue weighted by Gasteiger charge is -2.10. The summed E-state index contributed by atoms with van der Waals surface area (Å²) in [7, 11) is 0. The van der Waals surface area contributed by atoms with Crippen LogP contribution in [0.25, 0.3) is 11.0 Å². The van der Waals surface area contributed by atoms with Crippen LogP contribution in [-0.2, 0) is 16.1 Å². The summed E-state index contributed by atoms with van der Waals surface area (Å²) < 4.78 is 7.12. The van der Waals surface area contributed by atoms with Gasteiger partial charge >= 0.3 is 0 Å². The second-order valence-corrected chi connectivity index (χ2v) is 7.00. The number of nitrogens with one attached hydrogen (secondary N) is 2. The second kappa shape index (κ2) is 7.47. The molecule has 0 unspecified atom stereocenters. The minimum absolute atomic E-state index is 0.0114. The first-order chi connectivity index (χ1) is 13.5. The minimum atomic E-state index is -0.328. The lowest BCUT2D eigenvalue weighted by Crippen LogP contribution is -2.24. The molecule has 0 saturated carbocycles. The Bertz CT molecular complexity index is 1080. The Morgan fingerprint density at radius 3 is 3.00 bits per heavy atom. The predicted molar refractivity (Wildman–Crippen MR) is 104 cm³/mol. The molecule has 146 valence electrons. The van der Waals surface area contributed by atoms with Gasteiger partial charge in [0.05, 0.1) is 11.0 Å². The fourth-order valence-corrected chi connectivity index (χ4v) is 3.49. The number of hydrogen-bond acceptors (Lipinski definition) is 5. The number of rotatable bonds is 5. The van der Waals surface area contributed by atoms with Crippen LogP contribution in [0.2, 0.25) is 0 Å². The number of H-pyrrole nitrogens is 1. The van der Waals surface area contributed by atoms with Gasteiger partial charge in [0, 0.05) is 37.0 Å². The summed E-state index contributed by atoms with van der Waals surface area (Å²) in [4.78, 5) is 32.1. The lowest BCUT2D eigenvalue weighted by atomic mass is 10.2. The molecule has 1 atom stereocenters. The SMILES string of the molecule is Cc1cc(O)cc(=O)n1CCC(=O)Nc1ccc2nc([C@H]3CCCO3)[nH]c2c1. The summed E-state index contributed by atoms with van der Waals surface area (Å²) in [5.41, 5.74) is 2.61. The van der Waals surface area contributed by atoms with Gasteiger partial charge in [0.15, 0.2) is 0 Å². The standard InChI is InChI=1S/C20H22N4O4/c1-12-9-14(25)11-19(27)24(12)7-6-18(26)21-13-4-5-15-16(10-13)23-20(22-15)17-3-2-8-28-17/h4-5,9-11,17,25H,2-3,6-8H2,1H3,(H,21,26)(H,22,23)/t17-/m1/s1. The molecule has 0 aliphatic carbocycles. The minimum Gasteiger partial charge on any atom is -0.508 e. The molecule has 1 aliphatic heterocycles. The second-order valence-electron chi connectivity index (χ2n) is 7.00. The lowest BCUT2D eigenvalue weighted by molar-refractivity contribution is -0.116. The molecule has 8 heteroatoms. The van der Waals surface area contributed by atoms with Crippen LogP contribution >= 0.6 is 0 Å². The Morgan fingerprint density at radius 1 is 1.39 bits per heavy atom. The summed E-state index contributed by atoms with van der Waals surface area (Å²) in [6.07, 6.45) is 2.15. The molecule has 2 aromatic heterocycles. The Hall–Kier alpha value is -3.13. The number of aromatic amines is 1. The van der Waals surface area contributed by atoms with Crippen molar-refractivity contribution in [2.24, 2.45) is 0 Å². The molecular formula is C20H22N4O4. The third-order valence-electron chi connectivity index (χ3n) is 4.90. The van der Waals surface area contributed by atoms with Gasteiger partial charge in [0.2, 0.25) is 5.91 Å². The third kappa shape index (κ3) is 3.77. The number of imidazole rings is 1. The van der Waals surface area contributed by atoms with E-state index in [1.165, 1.54) is 10.6 Å². The molecular weight excluding hydrogens is 360 g/mol. The zero-order chi connectivity index (χ0) is 19.7. The van der Waals surface area contributed by atoms with E-state index in [4.69, 9.17) is 4.74 Å². The van der Waals surface area contributed by atoms with E-state index in [0.717, 1.165) is 42.4 Å². The zero-order valence-corrected chi connectivity index (χ0v) is 15.6. The number of pyridine rings is 1. The topological polar surface area (TPSA) is 109 Å². The number of hydrogen-bond donors (Lipinski definition) is 3. The van der Waals surface area contributed by atoms with Gasteiger partial charge in [-0.25, -0.2) is 4.98 Å². The summed E-state index contributed by atoms with van der Waals surface area (Å²) in [6.45, 7) is 2.72. The maximum absolute atomic E-state index is 12.3. The molecule has 0 radical (unpaired) electrons. The van der Waals surface area contributed by atoms with Crippen LogP contribution in [-0.4, -0.2) is 32.2 Å². The van der Waals surface area contributed by atoms with Crippen molar-refractivity contribution in [3.05, 3.63) is 52.2 Å². The highest BCUT2D eigenvalue weighted by molar-refractivity contribution is 5.93. The maximum atomic E-state index is 12.3. The van der Waals surface area contributed by atoms with Crippen LogP contribution in [0.4, 0.5) is 5.69 Å². The molecule has 1 saturated heterocycles. The highest BCUT2D eigenvalue weighted by atomic mass is 16.5. The molecule has 8 nitrogen and oxygen atoms in total. The Balaban J connectivity index is 1.43. The Kier molecular flexibility index (Phi) is 4.87. The van der Waals surface area contributed by atoms with Crippen LogP contribution < -0.4 is 10.9 Å². The number of aromatic hydroxyl groups is 1. The monoisotopic (exact) mass is 382 g/mol. The first-order valence-electron chi connectivity index (χ1n) is 9.31. The van der Waals surface area contributed by atoms with E-state index in [9.17, 15) is 14.7 Å². The normalized spacial score (nSPS) is 16.5. The first-order valence-corrected chi connectivity index (χ1v) is 9.31. The van der Waals surface area contributed by atoms with Crippen molar-refractivity contribution in [1.82, 2.24) is 14.5 Å². The molecule has 3 aromatic rings. The molecule has 0 spiro atoms. The van der Waals surface area contributed by atoms with Crippen LogP contribution in [0.15, 0.2) is 35.1 Å². The number of amides is 1. The molecule has 1 aromatic carbocycles. The molecule has 1 fully saturated rings. The van der Waals surface area contributed by atoms with Crippen molar-refractivity contribution in [2.45, 2.75) is 38.8 Å². The average molecular weight is 382 g/mol. The molecule has 1 aliphatic rings. The van der Waals surface area contributed by atoms with Gasteiger partial charge in [-0.05, 0) is 44.0 Å². The smallest absolute Gasteiger partial charge is 0.254 e. The van der Waals surface area contributed by atoms with Gasteiger partial charge in [-0.1, -0.05) is 0 Å². The number of aryl methyl sites for hydroxylation is 1. The van der Waals surface area contributed by atoms with Crippen LogP contribution in [0.5, 0.6) is 5.75 Å². The van der Waals surface area contributed by atoms with Gasteiger partial charge in [-0.3, -0.25) is 9.59 Å². The van der Waals surface area contributed by atoms with Crippen molar-refractivity contribution in [3.63, 3.8) is 0 Å². The fourth-order valence-electron chi connectivity index (χ4n) is 3.49. The molecule has 1 amide bonds. The van der Waals surface area contributed by atoms with Crippen molar-refractivity contribution in [1.29, 1.82) is 0 Å². The van der Waals surface area contributed by atoms with E-state index < -0.39 is 0 Å². The number of benzene rings is 1. The Labute approximate surface area is 161 Å². The van der Waals surface area contributed by atoms with Crippen molar-refractivity contribution in [2.75, 3.05) is 11.9 Å². The summed E-state index contributed by atoms with van der Waals surface area (Å²) in [5, 5.41) is 12.3. The summed E-state index contributed by atoms with van der Waals surface area (Å²) >= 11 is 0. The Morgan fingerprint density at radius 2 is 2.25 bits per heavy atom. The molecule has 4 rings (SSSR count). The zero-order valence-electron chi connectivity index (χ0n) is 15.6. The van der Waals surface area contributed by atoms with Crippen molar-refractivity contribution >= 4 is 22.6 Å². The van der Waals surface area contributed by atoms with Gasteiger partial charge in [0.1, 0.15) is 17.7 Å². The first kappa shape index (κ1) is 18.2. The van der Waals surface area contributed by atoms with E-state index in [2.05, 4.69) is 15.3 Å². The molecule has 3 heterocycles. The summed E-state index contributed by atoms with van der Waals surface area (Å²) in [6, 6.07) is 8.14. The van der Waals surface area contributed by atoms with E-state index in [-0.39, 0.29) is 36.3 Å². The van der Waals surface area contributed by atoms with Crippen LogP contribution in [0, 0.1) is 6.92 Å². The number of ether oxygens (including phenoxy) is 1. The third-order valence-corrected chi connectivity index (χ3v) is 4.90. The maximum Gasteiger partial charge on any atom is 0.254 e. The van der Waals surface area contributed by atoms with Gasteiger partial charge in [-0.2, -0.15) is 0 Å². The van der Waals surface area contributed by atoms with E-state index in [1.807, 2.05) is 12.1 Å². The fraction of sp³-hybridized carbons (Fsp3) is 0.350. The number of anilines is 1. The van der Waals surface area contributed by atoms with Gasteiger partial charge < -0.3 is 24.7 Å². The molecule has 3 N–H and O–H groups in total. The van der Waals surface area contributed by atoms with E-state index in [0.29, 0.717) is 11.4 Å². The highest BCUT2D eigenvalue weighted by Gasteiger charge is 2.21. The number of carbonyl (C=O) groups excluding carboxylic acids is 1. The number of aromatic nitrogens is 3. The number of nitrogens with zero attached hydrogens (tertiary/aromatic N) is 2. The molecule has 0 bridgehead atoms. The van der Waals surface area contributed by atoms with Crippen LogP contribution in [0.3, 0.4) is 0 Å². The van der Waals surface area contributed by atoms with E-state index >= 15 is 0 Å². The van der Waals surface area contributed by atoms with E-state index in [1.54, 1.807) is 13.0 Å². The average Bonchev–Trinajstić information content (AvgIpc) is 3.29. The van der Waals surface area contributed by atoms with Gasteiger partial charge in [-0.15, -0.1) is 0 Å². The van der Waals surface area contributed by atoms with Crippen LogP contribution in [0.1, 0.15) is 36.9 Å².